The average molecular weight is 1150 g/mol. The first-order valence-electron chi connectivity index (χ1n) is 30.4. The smallest absolute Gasteiger partial charge is 0.161 e. The Morgan fingerprint density at radius 2 is 0.488 bits per heavy atom. The van der Waals surface area contributed by atoms with Gasteiger partial charge in [0.2, 0.25) is 0 Å². The fraction of sp³-hybridized carbons (Fsp3) is 0.500. The number of ether oxygens (including phenoxy) is 12. The van der Waals surface area contributed by atoms with E-state index in [4.69, 9.17) is 56.8 Å². The molecule has 452 valence electrons. The molecule has 12 nitrogen and oxygen atoms in total. The molecule has 5 aliphatic rings. The number of hydrogen-bond donors (Lipinski definition) is 0. The zero-order valence-corrected chi connectivity index (χ0v) is 51.8. The first-order chi connectivity index (χ1) is 40.4. The monoisotopic (exact) mass is 1150 g/mol. The lowest BCUT2D eigenvalue weighted by Gasteiger charge is -2.33. The van der Waals surface area contributed by atoms with Gasteiger partial charge in [0.05, 0.1) is 52.9 Å². The molecule has 6 aromatic rings. The van der Waals surface area contributed by atoms with Gasteiger partial charge < -0.3 is 56.8 Å². The van der Waals surface area contributed by atoms with E-state index in [2.05, 4.69) is 166 Å². The second-order valence-electron chi connectivity index (χ2n) is 26.1. The van der Waals surface area contributed by atoms with Gasteiger partial charge in [-0.1, -0.05) is 154 Å². The molecule has 0 amide bonds. The van der Waals surface area contributed by atoms with Gasteiger partial charge in [-0.2, -0.15) is 0 Å². The van der Waals surface area contributed by atoms with Gasteiger partial charge in [-0.15, -0.1) is 0 Å². The summed E-state index contributed by atoms with van der Waals surface area (Å²) in [5.41, 5.74) is 10.7. The molecule has 1 aliphatic carbocycles. The highest BCUT2D eigenvalue weighted by molar-refractivity contribution is 5.56. The van der Waals surface area contributed by atoms with Gasteiger partial charge in [-0.05, 0) is 114 Å². The van der Waals surface area contributed by atoms with E-state index >= 15 is 0 Å². The van der Waals surface area contributed by atoms with Crippen molar-refractivity contribution in [2.45, 2.75) is 119 Å². The van der Waals surface area contributed by atoms with E-state index in [-0.39, 0.29) is 21.7 Å². The normalized spacial score (nSPS) is 16.9. The topological polar surface area (TPSA) is 111 Å². The summed E-state index contributed by atoms with van der Waals surface area (Å²) in [6.07, 6.45) is 4.19. The second kappa shape index (κ2) is 28.6. The minimum Gasteiger partial charge on any atom is -0.491 e. The van der Waals surface area contributed by atoms with Crippen molar-refractivity contribution in [3.8, 4) is 46.0 Å². The van der Waals surface area contributed by atoms with E-state index in [9.17, 15) is 0 Å². The molecule has 4 aliphatic heterocycles. The number of rotatable bonds is 4. The summed E-state index contributed by atoms with van der Waals surface area (Å²) in [4.78, 5) is 0. The summed E-state index contributed by atoms with van der Waals surface area (Å²) in [6, 6.07) is 38.4. The Bertz CT molecular complexity index is 2890. The van der Waals surface area contributed by atoms with Gasteiger partial charge in [0.25, 0.3) is 0 Å². The molecule has 12 bridgehead atoms. The standard InChI is InChI=1S/C72H92O12/c1-69(2,3)49-71(7,8)59-23-25-61-63(47-59)79-37-29-75-33-41-83-67-55-19-13-21-57(67)46-58-22-14-20-56-45-53-17-11-15-51(65(53)81-39-31-73-27-35-77-61)43-52-16-12-18-54(44-55)66(52)82-40-32-74-28-36-78-62-26-24-60(72(9,10)50-70(4,5)6)48-64(62)80-38-30-76-34-42-84-68(56)58/h11-26,47-48H,27-46,49-50H2,1-10H3. The fourth-order valence-corrected chi connectivity index (χ4v) is 12.5. The van der Waals surface area contributed by atoms with Crippen LogP contribution in [0.1, 0.15) is 138 Å². The van der Waals surface area contributed by atoms with Crippen molar-refractivity contribution in [2.24, 2.45) is 10.8 Å². The third kappa shape index (κ3) is 17.4. The number of hydrogen-bond acceptors (Lipinski definition) is 12. The van der Waals surface area contributed by atoms with Crippen LogP contribution in [0.25, 0.3) is 0 Å². The van der Waals surface area contributed by atoms with Crippen LogP contribution in [0, 0.1) is 10.8 Å². The summed E-state index contributed by atoms with van der Waals surface area (Å²) >= 11 is 0. The van der Waals surface area contributed by atoms with E-state index in [1.165, 1.54) is 11.1 Å². The lowest BCUT2D eigenvalue weighted by Crippen LogP contribution is -2.25. The minimum absolute atomic E-state index is 0.0865. The maximum absolute atomic E-state index is 6.92. The Morgan fingerprint density at radius 3 is 0.726 bits per heavy atom. The lowest BCUT2D eigenvalue weighted by molar-refractivity contribution is 0.0695. The summed E-state index contributed by atoms with van der Waals surface area (Å²) < 4.78 is 78.4. The van der Waals surface area contributed by atoms with Crippen molar-refractivity contribution in [3.63, 3.8) is 0 Å². The van der Waals surface area contributed by atoms with Gasteiger partial charge in [0.15, 0.2) is 23.0 Å². The Balaban J connectivity index is 1.05. The Morgan fingerprint density at radius 1 is 0.262 bits per heavy atom. The SMILES string of the molecule is CC(C)(C)CC(C)(C)c1ccc2c(c1)OCCOCCOc1c3cccc1Cc1cccc4c1OCCOCCOc1cc(C(C)(C)CC(C)(C)C)ccc1OCCOCCOc1c(cccc1C3)Cc1cccc(c1OCCOCCO2)C4. The highest BCUT2D eigenvalue weighted by atomic mass is 16.6. The molecule has 0 spiro atoms. The van der Waals surface area contributed by atoms with Crippen LogP contribution in [0.2, 0.25) is 0 Å². The molecule has 12 heteroatoms. The highest BCUT2D eigenvalue weighted by Crippen LogP contribution is 2.43. The summed E-state index contributed by atoms with van der Waals surface area (Å²) in [5.74, 6) is 5.95. The first kappa shape index (κ1) is 62.1. The van der Waals surface area contributed by atoms with Crippen LogP contribution in [0.3, 0.4) is 0 Å². The van der Waals surface area contributed by atoms with E-state index < -0.39 is 0 Å². The molecule has 6 aromatic carbocycles. The zero-order chi connectivity index (χ0) is 59.2. The summed E-state index contributed by atoms with van der Waals surface area (Å²) in [6.45, 7) is 28.3. The number of benzene rings is 6. The van der Waals surface area contributed by atoms with Crippen molar-refractivity contribution in [1.29, 1.82) is 0 Å². The molecular weight excluding hydrogens is 1060 g/mol. The van der Waals surface area contributed by atoms with Crippen LogP contribution in [0.15, 0.2) is 109 Å². The van der Waals surface area contributed by atoms with Crippen LogP contribution in [0.4, 0.5) is 0 Å². The molecule has 0 unspecified atom stereocenters. The van der Waals surface area contributed by atoms with Gasteiger partial charge in [-0.3, -0.25) is 0 Å². The largest absolute Gasteiger partial charge is 0.491 e. The van der Waals surface area contributed by atoms with Crippen molar-refractivity contribution in [2.75, 3.05) is 106 Å². The minimum atomic E-state index is -0.0865. The van der Waals surface area contributed by atoms with Crippen molar-refractivity contribution < 1.29 is 56.8 Å². The van der Waals surface area contributed by atoms with Crippen molar-refractivity contribution in [1.82, 2.24) is 0 Å². The lowest BCUT2D eigenvalue weighted by atomic mass is 9.72. The molecular formula is C72H92O12. The van der Waals surface area contributed by atoms with Crippen LogP contribution in [-0.2, 0) is 55.5 Å². The second-order valence-corrected chi connectivity index (χ2v) is 26.1. The highest BCUT2D eigenvalue weighted by Gasteiger charge is 2.30. The zero-order valence-electron chi connectivity index (χ0n) is 51.8. The fourth-order valence-electron chi connectivity index (χ4n) is 12.5. The van der Waals surface area contributed by atoms with E-state index in [0.29, 0.717) is 154 Å². The molecule has 0 radical (unpaired) electrons. The third-order valence-corrected chi connectivity index (χ3v) is 15.5. The third-order valence-electron chi connectivity index (χ3n) is 15.5. The molecule has 84 heavy (non-hydrogen) atoms. The number of para-hydroxylation sites is 4. The molecule has 11 rings (SSSR count). The summed E-state index contributed by atoms with van der Waals surface area (Å²) in [5, 5.41) is 0. The first-order valence-corrected chi connectivity index (χ1v) is 30.4. The quantitative estimate of drug-likeness (QED) is 0.157. The van der Waals surface area contributed by atoms with Crippen molar-refractivity contribution in [3.05, 3.63) is 165 Å². The Labute approximate surface area is 500 Å². The average Bonchev–Trinajstić information content (AvgIpc) is 2.97. The molecule has 0 atom stereocenters. The predicted octanol–water partition coefficient (Wildman–Crippen LogP) is 14.3. The van der Waals surface area contributed by atoms with Crippen LogP contribution in [0.5, 0.6) is 46.0 Å². The Hall–Kier alpha value is -6.44. The Kier molecular flexibility index (Phi) is 21.2. The van der Waals surface area contributed by atoms with Crippen LogP contribution in [-0.4, -0.2) is 106 Å². The van der Waals surface area contributed by atoms with Gasteiger partial charge >= 0.3 is 0 Å². The predicted molar refractivity (Wildman–Crippen MR) is 331 cm³/mol. The van der Waals surface area contributed by atoms with E-state index in [0.717, 1.165) is 80.3 Å². The van der Waals surface area contributed by atoms with Gasteiger partial charge in [-0.25, -0.2) is 0 Å². The van der Waals surface area contributed by atoms with Crippen molar-refractivity contribution >= 4 is 0 Å². The molecule has 0 saturated carbocycles. The molecule has 0 saturated heterocycles. The maximum Gasteiger partial charge on any atom is 0.161 e. The van der Waals surface area contributed by atoms with E-state index in [1.807, 2.05) is 12.1 Å². The molecule has 0 aromatic heterocycles. The maximum atomic E-state index is 6.92. The molecule has 4 heterocycles. The molecule has 0 N–H and O–H groups in total. The van der Waals surface area contributed by atoms with Gasteiger partial charge in [0, 0.05) is 25.7 Å². The summed E-state index contributed by atoms with van der Waals surface area (Å²) in [7, 11) is 0. The van der Waals surface area contributed by atoms with Gasteiger partial charge in [0.1, 0.15) is 75.9 Å². The molecule has 0 fully saturated rings. The number of fused-ring (bicyclic) bond motifs is 24. The van der Waals surface area contributed by atoms with Crippen LogP contribution >= 0.6 is 0 Å². The van der Waals surface area contributed by atoms with Crippen LogP contribution < -0.4 is 37.9 Å². The van der Waals surface area contributed by atoms with E-state index in [1.54, 1.807) is 0 Å².